The lowest BCUT2D eigenvalue weighted by Crippen LogP contribution is -2.23. The van der Waals surface area contributed by atoms with E-state index in [2.05, 4.69) is 17.2 Å². The van der Waals surface area contributed by atoms with Crippen LogP contribution in [0.15, 0.2) is 18.5 Å². The van der Waals surface area contributed by atoms with E-state index in [0.717, 1.165) is 30.9 Å². The summed E-state index contributed by atoms with van der Waals surface area (Å²) in [7, 11) is 0. The second-order valence-corrected chi connectivity index (χ2v) is 4.92. The summed E-state index contributed by atoms with van der Waals surface area (Å²) in [6.07, 6.45) is 9.03. The maximum Gasteiger partial charge on any atom is 0.146 e. The molecule has 0 spiro atoms. The highest BCUT2D eigenvalue weighted by atomic mass is 19.1. The Bertz CT molecular complexity index is 350. The molecular weight excluding hydrogens is 215 g/mol. The normalized spacial score (nSPS) is 17.1. The number of nitrogens with zero attached hydrogens (tertiary/aromatic N) is 1. The van der Waals surface area contributed by atoms with Gasteiger partial charge in [-0.05, 0) is 37.8 Å². The van der Waals surface area contributed by atoms with Crippen LogP contribution in [0.25, 0.3) is 0 Å². The molecule has 1 aliphatic carbocycles. The van der Waals surface area contributed by atoms with Gasteiger partial charge in [0, 0.05) is 17.8 Å². The lowest BCUT2D eigenvalue weighted by molar-refractivity contribution is 0.449. The summed E-state index contributed by atoms with van der Waals surface area (Å²) in [5, 5.41) is 3.44. The van der Waals surface area contributed by atoms with Crippen molar-refractivity contribution in [3.63, 3.8) is 0 Å². The molecule has 1 fully saturated rings. The van der Waals surface area contributed by atoms with E-state index in [1.807, 2.05) is 0 Å². The number of hydrogen-bond donors (Lipinski definition) is 1. The van der Waals surface area contributed by atoms with Crippen LogP contribution >= 0.6 is 0 Å². The monoisotopic (exact) mass is 236 g/mol. The third kappa shape index (κ3) is 3.77. The first-order valence-electron chi connectivity index (χ1n) is 6.64. The Hall–Kier alpha value is -0.960. The number of pyridine rings is 1. The minimum atomic E-state index is -0.183. The first kappa shape index (κ1) is 12.5. The lowest BCUT2D eigenvalue weighted by atomic mass is 10.0. The van der Waals surface area contributed by atoms with E-state index < -0.39 is 0 Å². The van der Waals surface area contributed by atoms with Crippen molar-refractivity contribution in [2.45, 2.75) is 45.1 Å². The van der Waals surface area contributed by atoms with Crippen LogP contribution in [0.5, 0.6) is 0 Å². The van der Waals surface area contributed by atoms with E-state index in [1.165, 1.54) is 25.5 Å². The molecule has 1 aromatic rings. The molecule has 94 valence electrons. The molecule has 0 radical (unpaired) electrons. The fraction of sp³-hybridized carbons (Fsp3) is 0.643. The van der Waals surface area contributed by atoms with Gasteiger partial charge in [0.25, 0.3) is 0 Å². The van der Waals surface area contributed by atoms with E-state index in [1.54, 1.807) is 12.3 Å². The van der Waals surface area contributed by atoms with Crippen molar-refractivity contribution in [1.29, 1.82) is 0 Å². The topological polar surface area (TPSA) is 24.9 Å². The molecule has 1 aromatic heterocycles. The van der Waals surface area contributed by atoms with Gasteiger partial charge >= 0.3 is 0 Å². The summed E-state index contributed by atoms with van der Waals surface area (Å²) < 4.78 is 13.7. The molecule has 1 N–H and O–H groups in total. The van der Waals surface area contributed by atoms with Crippen LogP contribution in [-0.4, -0.2) is 11.5 Å². The van der Waals surface area contributed by atoms with Gasteiger partial charge in [-0.15, -0.1) is 0 Å². The number of hydrogen-bond acceptors (Lipinski definition) is 2. The van der Waals surface area contributed by atoms with Gasteiger partial charge in [-0.1, -0.05) is 19.8 Å². The number of aromatic nitrogens is 1. The summed E-state index contributed by atoms with van der Waals surface area (Å²) in [6.45, 7) is 3.07. The molecule has 0 bridgehead atoms. The Morgan fingerprint density at radius 3 is 3.00 bits per heavy atom. The van der Waals surface area contributed by atoms with Crippen molar-refractivity contribution < 1.29 is 4.39 Å². The van der Waals surface area contributed by atoms with Crippen LogP contribution in [0.3, 0.4) is 0 Å². The molecule has 1 atom stereocenters. The fourth-order valence-corrected chi connectivity index (χ4v) is 2.16. The SMILES string of the molecule is CCCNC(CCC1CC1)c1ccncc1F. The zero-order valence-corrected chi connectivity index (χ0v) is 10.5. The first-order chi connectivity index (χ1) is 8.31. The Kier molecular flexibility index (Phi) is 4.49. The maximum atomic E-state index is 13.7. The maximum absolute atomic E-state index is 13.7. The molecule has 0 aliphatic heterocycles. The van der Waals surface area contributed by atoms with Gasteiger partial charge in [0.05, 0.1) is 6.20 Å². The summed E-state index contributed by atoms with van der Waals surface area (Å²) in [5.41, 5.74) is 0.772. The summed E-state index contributed by atoms with van der Waals surface area (Å²) in [6, 6.07) is 1.95. The van der Waals surface area contributed by atoms with Crippen LogP contribution < -0.4 is 5.32 Å². The van der Waals surface area contributed by atoms with E-state index in [0.29, 0.717) is 0 Å². The molecule has 1 unspecified atom stereocenters. The average Bonchev–Trinajstić information content (AvgIpc) is 3.15. The molecule has 0 saturated heterocycles. The minimum Gasteiger partial charge on any atom is -0.310 e. The fourth-order valence-electron chi connectivity index (χ4n) is 2.16. The zero-order valence-electron chi connectivity index (χ0n) is 10.5. The highest BCUT2D eigenvalue weighted by Crippen LogP contribution is 2.36. The number of rotatable bonds is 7. The molecule has 2 nitrogen and oxygen atoms in total. The zero-order chi connectivity index (χ0) is 12.1. The second kappa shape index (κ2) is 6.10. The van der Waals surface area contributed by atoms with E-state index in [4.69, 9.17) is 0 Å². The van der Waals surface area contributed by atoms with Crippen LogP contribution in [0.2, 0.25) is 0 Å². The van der Waals surface area contributed by atoms with Gasteiger partial charge in [0.1, 0.15) is 5.82 Å². The van der Waals surface area contributed by atoms with Crippen molar-refractivity contribution in [2.75, 3.05) is 6.54 Å². The third-order valence-electron chi connectivity index (χ3n) is 3.38. The predicted molar refractivity (Wildman–Crippen MR) is 67.2 cm³/mol. The van der Waals surface area contributed by atoms with Gasteiger partial charge in [-0.25, -0.2) is 4.39 Å². The lowest BCUT2D eigenvalue weighted by Gasteiger charge is -2.19. The van der Waals surface area contributed by atoms with Crippen LogP contribution in [-0.2, 0) is 0 Å². The van der Waals surface area contributed by atoms with Gasteiger partial charge < -0.3 is 5.32 Å². The molecule has 3 heteroatoms. The molecular formula is C14H21FN2. The van der Waals surface area contributed by atoms with E-state index >= 15 is 0 Å². The highest BCUT2D eigenvalue weighted by Gasteiger charge is 2.23. The van der Waals surface area contributed by atoms with Crippen molar-refractivity contribution in [3.8, 4) is 0 Å². The quantitative estimate of drug-likeness (QED) is 0.784. The van der Waals surface area contributed by atoms with E-state index in [9.17, 15) is 4.39 Å². The molecule has 1 heterocycles. The largest absolute Gasteiger partial charge is 0.310 e. The summed E-state index contributed by atoms with van der Waals surface area (Å²) in [5.74, 6) is 0.711. The van der Waals surface area contributed by atoms with Gasteiger partial charge in [0.2, 0.25) is 0 Å². The second-order valence-electron chi connectivity index (χ2n) is 4.92. The summed E-state index contributed by atoms with van der Waals surface area (Å²) >= 11 is 0. The van der Waals surface area contributed by atoms with Gasteiger partial charge in [-0.2, -0.15) is 0 Å². The Morgan fingerprint density at radius 2 is 2.35 bits per heavy atom. The van der Waals surface area contributed by atoms with Crippen molar-refractivity contribution in [1.82, 2.24) is 10.3 Å². The van der Waals surface area contributed by atoms with E-state index in [-0.39, 0.29) is 11.9 Å². The Morgan fingerprint density at radius 1 is 1.53 bits per heavy atom. The molecule has 0 amide bonds. The first-order valence-corrected chi connectivity index (χ1v) is 6.64. The number of halogens is 1. The molecule has 2 rings (SSSR count). The smallest absolute Gasteiger partial charge is 0.146 e. The molecule has 0 aromatic carbocycles. The van der Waals surface area contributed by atoms with Crippen LogP contribution in [0.1, 0.15) is 50.6 Å². The number of nitrogens with one attached hydrogen (secondary N) is 1. The molecule has 17 heavy (non-hydrogen) atoms. The van der Waals surface area contributed by atoms with Gasteiger partial charge in [-0.3, -0.25) is 4.98 Å². The van der Waals surface area contributed by atoms with Crippen molar-refractivity contribution in [3.05, 3.63) is 29.8 Å². The van der Waals surface area contributed by atoms with Crippen molar-refractivity contribution >= 4 is 0 Å². The Balaban J connectivity index is 1.99. The molecule has 1 saturated carbocycles. The standard InChI is InChI=1S/C14H21FN2/c1-2-8-17-14(6-5-11-3-4-11)12-7-9-16-10-13(12)15/h7,9-11,14,17H,2-6,8H2,1H3. The minimum absolute atomic E-state index is 0.151. The predicted octanol–water partition coefficient (Wildman–Crippen LogP) is 3.45. The summed E-state index contributed by atoms with van der Waals surface area (Å²) in [4.78, 5) is 3.81. The molecule has 1 aliphatic rings. The van der Waals surface area contributed by atoms with Crippen LogP contribution in [0.4, 0.5) is 4.39 Å². The van der Waals surface area contributed by atoms with Crippen molar-refractivity contribution in [2.24, 2.45) is 5.92 Å². The average molecular weight is 236 g/mol. The van der Waals surface area contributed by atoms with Gasteiger partial charge in [0.15, 0.2) is 0 Å². The highest BCUT2D eigenvalue weighted by molar-refractivity contribution is 5.17. The Labute approximate surface area is 103 Å². The third-order valence-corrected chi connectivity index (χ3v) is 3.38. The van der Waals surface area contributed by atoms with Crippen LogP contribution in [0, 0.1) is 11.7 Å².